The van der Waals surface area contributed by atoms with Crippen molar-refractivity contribution in [3.05, 3.63) is 71.8 Å². The largest absolute Gasteiger partial charge is 0.462 e. The van der Waals surface area contributed by atoms with Crippen LogP contribution in [0.3, 0.4) is 0 Å². The maximum absolute atomic E-state index is 13.6. The monoisotopic (exact) mass is 594 g/mol. The molecular formula is C33H38O10. The predicted molar refractivity (Wildman–Crippen MR) is 152 cm³/mol. The van der Waals surface area contributed by atoms with Crippen molar-refractivity contribution in [2.45, 2.75) is 95.6 Å². The van der Waals surface area contributed by atoms with Crippen LogP contribution in [0.4, 0.5) is 0 Å². The van der Waals surface area contributed by atoms with Crippen LogP contribution in [0.5, 0.6) is 0 Å². The number of ether oxygens (including phenoxy) is 5. The topological polar surface area (TPSA) is 135 Å². The van der Waals surface area contributed by atoms with E-state index in [9.17, 15) is 24.3 Å². The molecule has 1 N–H and O–H groups in total. The summed E-state index contributed by atoms with van der Waals surface area (Å²) in [4.78, 5) is 52.4. The van der Waals surface area contributed by atoms with E-state index in [0.717, 1.165) is 0 Å². The van der Waals surface area contributed by atoms with E-state index in [2.05, 4.69) is 0 Å². The molecule has 2 aromatic carbocycles. The minimum Gasteiger partial charge on any atom is -0.462 e. The Morgan fingerprint density at radius 1 is 0.744 bits per heavy atom. The second kappa shape index (κ2) is 10.7. The third-order valence-electron chi connectivity index (χ3n) is 9.46. The van der Waals surface area contributed by atoms with E-state index in [1.807, 2.05) is 0 Å². The molecule has 0 aromatic heterocycles. The van der Waals surface area contributed by atoms with Crippen LogP contribution in [0, 0.1) is 11.3 Å². The lowest BCUT2D eigenvalue weighted by Crippen LogP contribution is -2.81. The fourth-order valence-corrected chi connectivity index (χ4v) is 7.77. The molecule has 1 heterocycles. The first-order valence-electron chi connectivity index (χ1n) is 14.4. The summed E-state index contributed by atoms with van der Waals surface area (Å²) in [7, 11) is 0. The number of carbonyl (C=O) groups excluding carboxylic acids is 4. The van der Waals surface area contributed by atoms with Crippen molar-refractivity contribution in [1.29, 1.82) is 0 Å². The van der Waals surface area contributed by atoms with E-state index in [4.69, 9.17) is 23.7 Å². The van der Waals surface area contributed by atoms with Gasteiger partial charge in [0.05, 0.1) is 33.7 Å². The first-order chi connectivity index (χ1) is 20.2. The Hall–Kier alpha value is -3.76. The second-order valence-electron chi connectivity index (χ2n) is 12.6. The fraction of sp³-hybridized carbons (Fsp3) is 0.515. The standard InChI is InChI=1S/C33H38O10/c1-19(34)39-23-17-18-31(5,38)33-26(41-28(36)21-13-9-7-10-14-21)24(30(3,4)43-33)25(40-20(2)35)27(32(23,33)6)42-29(37)22-15-11-8-12-16-22/h7-16,23-27,38H,17-18H2,1-6H3/t23-,24+,25-,26+,27-,31-,32-,33-/m0/s1. The summed E-state index contributed by atoms with van der Waals surface area (Å²) in [5.74, 6) is -3.54. The molecule has 10 nitrogen and oxygen atoms in total. The van der Waals surface area contributed by atoms with Crippen molar-refractivity contribution in [1.82, 2.24) is 0 Å². The summed E-state index contributed by atoms with van der Waals surface area (Å²) < 4.78 is 31.2. The molecule has 5 rings (SSSR count). The molecule has 10 heteroatoms. The van der Waals surface area contributed by atoms with Crippen LogP contribution in [-0.4, -0.2) is 70.2 Å². The highest BCUT2D eigenvalue weighted by Gasteiger charge is 2.85. The number of hydrogen-bond acceptors (Lipinski definition) is 10. The van der Waals surface area contributed by atoms with Gasteiger partial charge in [-0.05, 0) is 64.8 Å². The minimum absolute atomic E-state index is 0.111. The second-order valence-corrected chi connectivity index (χ2v) is 12.6. The summed E-state index contributed by atoms with van der Waals surface area (Å²) >= 11 is 0. The van der Waals surface area contributed by atoms with Crippen LogP contribution in [0.15, 0.2) is 60.7 Å². The Kier molecular flexibility index (Phi) is 7.67. The lowest BCUT2D eigenvalue weighted by Gasteiger charge is -2.65. The first-order valence-corrected chi connectivity index (χ1v) is 14.4. The fourth-order valence-electron chi connectivity index (χ4n) is 7.77. The molecule has 2 saturated carbocycles. The molecule has 3 aliphatic rings. The van der Waals surface area contributed by atoms with Gasteiger partial charge in [-0.3, -0.25) is 9.59 Å². The van der Waals surface area contributed by atoms with Gasteiger partial charge < -0.3 is 28.8 Å². The predicted octanol–water partition coefficient (Wildman–Crippen LogP) is 4.03. The molecule has 0 amide bonds. The number of aliphatic hydroxyl groups is 1. The van der Waals surface area contributed by atoms with Crippen molar-refractivity contribution < 1.29 is 48.0 Å². The minimum atomic E-state index is -1.77. The highest BCUT2D eigenvalue weighted by atomic mass is 16.6. The molecule has 230 valence electrons. The molecule has 1 aliphatic heterocycles. The Morgan fingerprint density at radius 2 is 1.23 bits per heavy atom. The molecule has 2 aromatic rings. The van der Waals surface area contributed by atoms with Crippen molar-refractivity contribution in [2.75, 3.05) is 0 Å². The molecule has 0 radical (unpaired) electrons. The van der Waals surface area contributed by atoms with Gasteiger partial charge in [-0.1, -0.05) is 36.4 Å². The average Bonchev–Trinajstić information content (AvgIpc) is 3.16. The van der Waals surface area contributed by atoms with E-state index in [1.54, 1.807) is 88.4 Å². The molecule has 1 spiro atoms. The lowest BCUT2D eigenvalue weighted by molar-refractivity contribution is -0.335. The number of benzene rings is 2. The average molecular weight is 595 g/mol. The quantitative estimate of drug-likeness (QED) is 0.386. The highest BCUT2D eigenvalue weighted by molar-refractivity contribution is 5.90. The van der Waals surface area contributed by atoms with Crippen LogP contribution < -0.4 is 0 Å². The molecule has 8 atom stereocenters. The molecular weight excluding hydrogens is 556 g/mol. The van der Waals surface area contributed by atoms with E-state index in [1.165, 1.54) is 13.8 Å². The summed E-state index contributed by atoms with van der Waals surface area (Å²) in [5.41, 5.74) is -5.68. The lowest BCUT2D eigenvalue weighted by atomic mass is 9.47. The third-order valence-corrected chi connectivity index (χ3v) is 9.46. The molecule has 3 fully saturated rings. The van der Waals surface area contributed by atoms with Gasteiger partial charge in [0.15, 0.2) is 6.10 Å². The molecule has 2 bridgehead atoms. The zero-order valence-corrected chi connectivity index (χ0v) is 25.2. The van der Waals surface area contributed by atoms with Crippen molar-refractivity contribution >= 4 is 23.9 Å². The smallest absolute Gasteiger partial charge is 0.338 e. The van der Waals surface area contributed by atoms with Gasteiger partial charge in [0, 0.05) is 13.8 Å². The maximum Gasteiger partial charge on any atom is 0.338 e. The number of esters is 4. The van der Waals surface area contributed by atoms with E-state index in [-0.39, 0.29) is 24.0 Å². The summed E-state index contributed by atoms with van der Waals surface area (Å²) in [5, 5.41) is 12.3. The number of carbonyl (C=O) groups is 4. The van der Waals surface area contributed by atoms with Gasteiger partial charge in [0.2, 0.25) is 0 Å². The van der Waals surface area contributed by atoms with Gasteiger partial charge in [-0.25, -0.2) is 9.59 Å². The van der Waals surface area contributed by atoms with Gasteiger partial charge >= 0.3 is 23.9 Å². The Balaban J connectivity index is 1.75. The number of fused-ring (bicyclic) bond motifs is 1. The maximum atomic E-state index is 13.6. The Bertz CT molecular complexity index is 1400. The highest BCUT2D eigenvalue weighted by Crippen LogP contribution is 2.69. The Morgan fingerprint density at radius 3 is 1.72 bits per heavy atom. The van der Waals surface area contributed by atoms with Crippen LogP contribution in [-0.2, 0) is 33.3 Å². The van der Waals surface area contributed by atoms with Crippen molar-refractivity contribution in [2.24, 2.45) is 11.3 Å². The molecule has 1 saturated heterocycles. The summed E-state index contributed by atoms with van der Waals surface area (Å²) in [6.07, 6.45) is -4.39. The van der Waals surface area contributed by atoms with Gasteiger partial charge in [-0.15, -0.1) is 0 Å². The van der Waals surface area contributed by atoms with Crippen LogP contribution in [0.2, 0.25) is 0 Å². The van der Waals surface area contributed by atoms with E-state index >= 15 is 0 Å². The van der Waals surface area contributed by atoms with E-state index in [0.29, 0.717) is 0 Å². The zero-order valence-electron chi connectivity index (χ0n) is 25.2. The number of rotatable bonds is 6. The van der Waals surface area contributed by atoms with Gasteiger partial charge in [0.25, 0.3) is 0 Å². The van der Waals surface area contributed by atoms with Crippen molar-refractivity contribution in [3.63, 3.8) is 0 Å². The Labute approximate surface area is 250 Å². The van der Waals surface area contributed by atoms with Gasteiger partial charge in [0.1, 0.15) is 23.9 Å². The third kappa shape index (κ3) is 4.80. The van der Waals surface area contributed by atoms with Crippen LogP contribution in [0.1, 0.15) is 75.1 Å². The summed E-state index contributed by atoms with van der Waals surface area (Å²) in [6.45, 7) is 9.25. The molecule has 0 unspecified atom stereocenters. The van der Waals surface area contributed by atoms with Gasteiger partial charge in [-0.2, -0.15) is 0 Å². The zero-order chi connectivity index (χ0) is 31.4. The van der Waals surface area contributed by atoms with Crippen LogP contribution in [0.25, 0.3) is 0 Å². The normalized spacial score (nSPS) is 35.7. The summed E-state index contributed by atoms with van der Waals surface area (Å²) in [6, 6.07) is 16.7. The SMILES string of the molecule is CC(=O)O[C@H]1[C@@H]2[C@@H](OC(=O)c3ccccc3)[C@@]3(OC2(C)C)[C@@](C)([C@@H](OC(C)=O)CC[C@]3(C)O)[C@H]1OC(=O)c1ccccc1. The molecule has 43 heavy (non-hydrogen) atoms. The van der Waals surface area contributed by atoms with Crippen molar-refractivity contribution in [3.8, 4) is 0 Å². The number of hydrogen-bond donors (Lipinski definition) is 1. The molecule has 2 aliphatic carbocycles. The van der Waals surface area contributed by atoms with Crippen LogP contribution >= 0.6 is 0 Å². The van der Waals surface area contributed by atoms with E-state index < -0.39 is 76.4 Å². The first kappa shape index (κ1) is 30.7.